The van der Waals surface area contributed by atoms with Gasteiger partial charge in [-0.1, -0.05) is 21.1 Å². The second-order valence-corrected chi connectivity index (χ2v) is 4.81. The zero-order valence-electron chi connectivity index (χ0n) is 9.95. The van der Waals surface area contributed by atoms with E-state index in [9.17, 15) is 13.2 Å². The van der Waals surface area contributed by atoms with Crippen LogP contribution in [-0.2, 0) is 11.3 Å². The molecule has 20 heavy (non-hydrogen) atoms. The number of hydrogen-bond acceptors (Lipinski definition) is 5. The van der Waals surface area contributed by atoms with Gasteiger partial charge in [-0.15, -0.1) is 0 Å². The zero-order chi connectivity index (χ0) is 14.8. The highest BCUT2D eigenvalue weighted by atomic mass is 79.9. The lowest BCUT2D eigenvalue weighted by Crippen LogP contribution is -2.16. The number of alkyl halides is 3. The Labute approximate surface area is 120 Å². The molecular weight excluding hydrogens is 343 g/mol. The van der Waals surface area contributed by atoms with Crippen LogP contribution in [0.15, 0.2) is 27.2 Å². The Hall–Kier alpha value is -1.61. The Balaban J connectivity index is 2.05. The van der Waals surface area contributed by atoms with Gasteiger partial charge >= 0.3 is 6.18 Å². The molecule has 0 atom stereocenters. The fourth-order valence-electron chi connectivity index (χ4n) is 1.42. The molecule has 1 aromatic carbocycles. The van der Waals surface area contributed by atoms with E-state index in [1.165, 1.54) is 0 Å². The summed E-state index contributed by atoms with van der Waals surface area (Å²) in [7, 11) is 0. The molecule has 0 bridgehead atoms. The van der Waals surface area contributed by atoms with E-state index in [1.54, 1.807) is 18.2 Å². The molecule has 0 aliphatic rings. The molecule has 108 valence electrons. The van der Waals surface area contributed by atoms with Crippen molar-refractivity contribution in [3.05, 3.63) is 28.5 Å². The standard InChI is InChI=1S/C11H9BrF3N3O2/c12-7-1-6(2-8(16)3-7)10-17-9(18-20-10)4-19-5-11(13,14)15/h1-3H,4-5,16H2. The third-order valence-electron chi connectivity index (χ3n) is 2.13. The first-order chi connectivity index (χ1) is 9.33. The number of nitrogens with zero attached hydrogens (tertiary/aromatic N) is 2. The molecule has 1 heterocycles. The van der Waals surface area contributed by atoms with Crippen molar-refractivity contribution >= 4 is 21.6 Å². The molecule has 0 saturated heterocycles. The van der Waals surface area contributed by atoms with Gasteiger partial charge in [-0.2, -0.15) is 18.2 Å². The Kier molecular flexibility index (Phi) is 4.29. The van der Waals surface area contributed by atoms with E-state index >= 15 is 0 Å². The second-order valence-electron chi connectivity index (χ2n) is 3.90. The summed E-state index contributed by atoms with van der Waals surface area (Å²) < 4.78 is 45.8. The van der Waals surface area contributed by atoms with Crippen molar-refractivity contribution < 1.29 is 22.4 Å². The van der Waals surface area contributed by atoms with Crippen LogP contribution in [0.1, 0.15) is 5.82 Å². The average Bonchev–Trinajstić information content (AvgIpc) is 2.74. The maximum absolute atomic E-state index is 11.9. The summed E-state index contributed by atoms with van der Waals surface area (Å²) in [4.78, 5) is 3.94. The maximum atomic E-state index is 11.9. The van der Waals surface area contributed by atoms with E-state index in [1.807, 2.05) is 0 Å². The molecule has 5 nitrogen and oxygen atoms in total. The normalized spacial score (nSPS) is 11.8. The summed E-state index contributed by atoms with van der Waals surface area (Å²) in [5, 5.41) is 3.54. The van der Waals surface area contributed by atoms with Crippen LogP contribution in [0.2, 0.25) is 0 Å². The minimum Gasteiger partial charge on any atom is -0.399 e. The average molecular weight is 352 g/mol. The molecule has 0 amide bonds. The minimum atomic E-state index is -4.38. The fourth-order valence-corrected chi connectivity index (χ4v) is 1.93. The van der Waals surface area contributed by atoms with Crippen LogP contribution in [0.25, 0.3) is 11.5 Å². The molecule has 0 fully saturated rings. The molecule has 9 heteroatoms. The molecule has 2 aromatic rings. The van der Waals surface area contributed by atoms with Crippen LogP contribution in [0.3, 0.4) is 0 Å². The highest BCUT2D eigenvalue weighted by Crippen LogP contribution is 2.25. The first kappa shape index (κ1) is 14.8. The van der Waals surface area contributed by atoms with Crippen LogP contribution < -0.4 is 5.73 Å². The molecule has 1 aromatic heterocycles. The number of anilines is 1. The van der Waals surface area contributed by atoms with Crippen molar-refractivity contribution in [3.8, 4) is 11.5 Å². The predicted octanol–water partition coefficient (Wildman–Crippen LogP) is 3.16. The number of benzene rings is 1. The highest BCUT2D eigenvalue weighted by Gasteiger charge is 2.27. The largest absolute Gasteiger partial charge is 0.411 e. The molecular formula is C11H9BrF3N3O2. The third kappa shape index (κ3) is 4.20. The van der Waals surface area contributed by atoms with Crippen molar-refractivity contribution in [2.75, 3.05) is 12.3 Å². The Morgan fingerprint density at radius 1 is 1.30 bits per heavy atom. The summed E-state index contributed by atoms with van der Waals surface area (Å²) >= 11 is 3.26. The smallest absolute Gasteiger partial charge is 0.399 e. The summed E-state index contributed by atoms with van der Waals surface area (Å²) in [6, 6.07) is 5.00. The van der Waals surface area contributed by atoms with E-state index in [0.717, 1.165) is 4.47 Å². The topological polar surface area (TPSA) is 74.2 Å². The number of ether oxygens (including phenoxy) is 1. The number of halogens is 4. The quantitative estimate of drug-likeness (QED) is 0.856. The lowest BCUT2D eigenvalue weighted by molar-refractivity contribution is -0.177. The van der Waals surface area contributed by atoms with Crippen molar-refractivity contribution in [1.82, 2.24) is 10.1 Å². The monoisotopic (exact) mass is 351 g/mol. The molecule has 0 aliphatic heterocycles. The van der Waals surface area contributed by atoms with E-state index in [2.05, 4.69) is 30.8 Å². The Morgan fingerprint density at radius 2 is 2.05 bits per heavy atom. The Bertz CT molecular complexity index is 581. The zero-order valence-corrected chi connectivity index (χ0v) is 11.5. The van der Waals surface area contributed by atoms with Crippen molar-refractivity contribution in [2.45, 2.75) is 12.8 Å². The minimum absolute atomic E-state index is 0.0304. The number of aromatic nitrogens is 2. The summed E-state index contributed by atoms with van der Waals surface area (Å²) in [6.45, 7) is -1.74. The van der Waals surface area contributed by atoms with E-state index in [4.69, 9.17) is 10.3 Å². The van der Waals surface area contributed by atoms with Gasteiger partial charge < -0.3 is 15.0 Å². The highest BCUT2D eigenvalue weighted by molar-refractivity contribution is 9.10. The molecule has 0 spiro atoms. The molecule has 2 N–H and O–H groups in total. The van der Waals surface area contributed by atoms with Crippen LogP contribution in [0.4, 0.5) is 18.9 Å². The molecule has 0 radical (unpaired) electrons. The maximum Gasteiger partial charge on any atom is 0.411 e. The first-order valence-electron chi connectivity index (χ1n) is 5.37. The van der Waals surface area contributed by atoms with Crippen LogP contribution in [-0.4, -0.2) is 22.9 Å². The SMILES string of the molecule is Nc1cc(Br)cc(-c2nc(COCC(F)(F)F)no2)c1. The van der Waals surface area contributed by atoms with Crippen molar-refractivity contribution in [1.29, 1.82) is 0 Å². The number of rotatable bonds is 4. The van der Waals surface area contributed by atoms with Crippen LogP contribution in [0, 0.1) is 0 Å². The lowest BCUT2D eigenvalue weighted by atomic mass is 10.2. The third-order valence-corrected chi connectivity index (χ3v) is 2.59. The molecule has 2 rings (SSSR count). The van der Waals surface area contributed by atoms with Crippen molar-refractivity contribution in [3.63, 3.8) is 0 Å². The number of nitrogens with two attached hydrogens (primary N) is 1. The van der Waals surface area contributed by atoms with Gasteiger partial charge in [0.2, 0.25) is 0 Å². The van der Waals surface area contributed by atoms with E-state index in [0.29, 0.717) is 11.3 Å². The summed E-state index contributed by atoms with van der Waals surface area (Å²) in [5.74, 6) is 0.186. The van der Waals surface area contributed by atoms with Gasteiger partial charge in [-0.3, -0.25) is 0 Å². The predicted molar refractivity (Wildman–Crippen MR) is 67.6 cm³/mol. The number of nitrogen functional groups attached to an aromatic ring is 1. The summed E-state index contributed by atoms with van der Waals surface area (Å²) in [5.41, 5.74) is 6.71. The van der Waals surface area contributed by atoms with Gasteiger partial charge in [0.15, 0.2) is 5.82 Å². The van der Waals surface area contributed by atoms with E-state index < -0.39 is 12.8 Å². The van der Waals surface area contributed by atoms with Crippen LogP contribution >= 0.6 is 15.9 Å². The Morgan fingerprint density at radius 3 is 2.70 bits per heavy atom. The van der Waals surface area contributed by atoms with Gasteiger partial charge in [0.25, 0.3) is 5.89 Å². The van der Waals surface area contributed by atoms with Crippen LogP contribution in [0.5, 0.6) is 0 Å². The molecule has 0 aliphatic carbocycles. The van der Waals surface area contributed by atoms with E-state index in [-0.39, 0.29) is 18.3 Å². The van der Waals surface area contributed by atoms with Gasteiger partial charge in [0.05, 0.1) is 0 Å². The van der Waals surface area contributed by atoms with Crippen molar-refractivity contribution in [2.24, 2.45) is 0 Å². The van der Waals surface area contributed by atoms with Gasteiger partial charge in [-0.05, 0) is 18.2 Å². The molecule has 0 saturated carbocycles. The van der Waals surface area contributed by atoms with Gasteiger partial charge in [-0.25, -0.2) is 0 Å². The fraction of sp³-hybridized carbons (Fsp3) is 0.273. The van der Waals surface area contributed by atoms with Gasteiger partial charge in [0, 0.05) is 15.7 Å². The van der Waals surface area contributed by atoms with Gasteiger partial charge in [0.1, 0.15) is 13.2 Å². The second kappa shape index (κ2) is 5.80. The number of hydrogen-bond donors (Lipinski definition) is 1. The lowest BCUT2D eigenvalue weighted by Gasteiger charge is -2.04. The summed E-state index contributed by atoms with van der Waals surface area (Å²) in [6.07, 6.45) is -4.38. The molecule has 0 unspecified atom stereocenters. The first-order valence-corrected chi connectivity index (χ1v) is 6.16.